The Balaban J connectivity index is 1.72. The highest BCUT2D eigenvalue weighted by atomic mass is 35.5. The van der Waals surface area contributed by atoms with Crippen LogP contribution in [-0.2, 0) is 4.74 Å². The van der Waals surface area contributed by atoms with E-state index in [-0.39, 0.29) is 0 Å². The van der Waals surface area contributed by atoms with E-state index in [9.17, 15) is 0 Å². The molecule has 0 unspecified atom stereocenters. The van der Waals surface area contributed by atoms with Crippen molar-refractivity contribution in [2.45, 2.75) is 6.92 Å². The fourth-order valence-electron chi connectivity index (χ4n) is 2.04. The summed E-state index contributed by atoms with van der Waals surface area (Å²) in [5.74, 6) is 0. The van der Waals surface area contributed by atoms with E-state index < -0.39 is 0 Å². The van der Waals surface area contributed by atoms with Crippen LogP contribution in [0, 0.1) is 6.92 Å². The second-order valence-corrected chi connectivity index (χ2v) is 5.63. The zero-order valence-corrected chi connectivity index (χ0v) is 13.2. The topological polar surface area (TPSA) is 36.5 Å². The number of morpholine rings is 1. The van der Waals surface area contributed by atoms with E-state index in [2.05, 4.69) is 15.5 Å². The number of nitrogens with one attached hydrogen (secondary N) is 2. The molecule has 0 aliphatic carbocycles. The minimum atomic E-state index is 0.601. The van der Waals surface area contributed by atoms with Crippen molar-refractivity contribution in [1.82, 2.24) is 10.2 Å². The van der Waals surface area contributed by atoms with E-state index in [1.807, 2.05) is 25.1 Å². The van der Waals surface area contributed by atoms with Crippen LogP contribution in [0.25, 0.3) is 0 Å². The predicted octanol–water partition coefficient (Wildman–Crippen LogP) is 2.27. The maximum atomic E-state index is 6.16. The van der Waals surface area contributed by atoms with Crippen molar-refractivity contribution in [2.75, 3.05) is 44.7 Å². The predicted molar refractivity (Wildman–Crippen MR) is 87.7 cm³/mol. The van der Waals surface area contributed by atoms with Crippen molar-refractivity contribution in [3.05, 3.63) is 28.8 Å². The second kappa shape index (κ2) is 7.78. The number of thiocarbonyl (C=S) groups is 1. The SMILES string of the molecule is Cc1ccc(NC(=S)NCCN2CCOCC2)c(Cl)c1. The Morgan fingerprint density at radius 1 is 1.40 bits per heavy atom. The molecule has 4 nitrogen and oxygen atoms in total. The van der Waals surface area contributed by atoms with Crippen molar-refractivity contribution in [3.63, 3.8) is 0 Å². The number of anilines is 1. The van der Waals surface area contributed by atoms with Gasteiger partial charge in [-0.05, 0) is 36.8 Å². The minimum Gasteiger partial charge on any atom is -0.379 e. The molecule has 0 bridgehead atoms. The fourth-order valence-corrected chi connectivity index (χ4v) is 2.53. The lowest BCUT2D eigenvalue weighted by atomic mass is 10.2. The monoisotopic (exact) mass is 313 g/mol. The first-order valence-corrected chi connectivity index (χ1v) is 7.55. The Morgan fingerprint density at radius 2 is 2.15 bits per heavy atom. The third-order valence-corrected chi connectivity index (χ3v) is 3.75. The number of ether oxygens (including phenoxy) is 1. The smallest absolute Gasteiger partial charge is 0.170 e. The molecule has 1 saturated heterocycles. The van der Waals surface area contributed by atoms with Crippen molar-refractivity contribution in [3.8, 4) is 0 Å². The average molecular weight is 314 g/mol. The van der Waals surface area contributed by atoms with Crippen molar-refractivity contribution >= 4 is 34.6 Å². The molecule has 0 radical (unpaired) electrons. The highest BCUT2D eigenvalue weighted by Crippen LogP contribution is 2.22. The lowest BCUT2D eigenvalue weighted by Crippen LogP contribution is -2.42. The summed E-state index contributed by atoms with van der Waals surface area (Å²) in [4.78, 5) is 2.36. The molecule has 1 aromatic carbocycles. The quantitative estimate of drug-likeness (QED) is 0.834. The number of hydrogen-bond acceptors (Lipinski definition) is 3. The summed E-state index contributed by atoms with van der Waals surface area (Å²) >= 11 is 11.4. The molecule has 0 aromatic heterocycles. The molecule has 1 aliphatic heterocycles. The zero-order valence-electron chi connectivity index (χ0n) is 11.6. The molecule has 1 aromatic rings. The molecule has 0 atom stereocenters. The van der Waals surface area contributed by atoms with E-state index >= 15 is 0 Å². The van der Waals surface area contributed by atoms with Crippen LogP contribution < -0.4 is 10.6 Å². The Bertz CT molecular complexity index is 464. The van der Waals surface area contributed by atoms with Crippen LogP contribution in [0.4, 0.5) is 5.69 Å². The number of nitrogens with zero attached hydrogens (tertiary/aromatic N) is 1. The van der Waals surface area contributed by atoms with Gasteiger partial charge in [0.2, 0.25) is 0 Å². The number of aryl methyl sites for hydroxylation is 1. The van der Waals surface area contributed by atoms with Gasteiger partial charge in [-0.25, -0.2) is 0 Å². The number of hydrogen-bond donors (Lipinski definition) is 2. The van der Waals surface area contributed by atoms with Crippen LogP contribution >= 0.6 is 23.8 Å². The standard InChI is InChI=1S/C14H20ClN3OS/c1-11-2-3-13(12(15)10-11)17-14(20)16-4-5-18-6-8-19-9-7-18/h2-3,10H,4-9H2,1H3,(H2,16,17,20). The van der Waals surface area contributed by atoms with Gasteiger partial charge in [0.15, 0.2) is 5.11 Å². The summed E-state index contributed by atoms with van der Waals surface area (Å²) in [5, 5.41) is 7.60. The van der Waals surface area contributed by atoms with E-state index in [0.29, 0.717) is 10.1 Å². The largest absolute Gasteiger partial charge is 0.379 e. The van der Waals surface area contributed by atoms with Gasteiger partial charge < -0.3 is 15.4 Å². The highest BCUT2D eigenvalue weighted by Gasteiger charge is 2.09. The van der Waals surface area contributed by atoms with Gasteiger partial charge in [0.25, 0.3) is 0 Å². The van der Waals surface area contributed by atoms with Gasteiger partial charge in [0, 0.05) is 26.2 Å². The van der Waals surface area contributed by atoms with E-state index in [0.717, 1.165) is 50.6 Å². The Kier molecular flexibility index (Phi) is 6.04. The Hall–Kier alpha value is -0.880. The summed E-state index contributed by atoms with van der Waals surface area (Å²) in [6, 6.07) is 5.86. The van der Waals surface area contributed by atoms with E-state index in [1.54, 1.807) is 0 Å². The highest BCUT2D eigenvalue weighted by molar-refractivity contribution is 7.80. The van der Waals surface area contributed by atoms with Crippen molar-refractivity contribution in [1.29, 1.82) is 0 Å². The summed E-state index contributed by atoms with van der Waals surface area (Å²) in [6.45, 7) is 7.41. The zero-order chi connectivity index (χ0) is 14.4. The van der Waals surface area contributed by atoms with Gasteiger partial charge in [-0.3, -0.25) is 4.90 Å². The molecule has 1 heterocycles. The molecule has 2 N–H and O–H groups in total. The first kappa shape index (κ1) is 15.5. The molecule has 6 heteroatoms. The Labute approximate surface area is 130 Å². The number of benzene rings is 1. The maximum absolute atomic E-state index is 6.16. The maximum Gasteiger partial charge on any atom is 0.170 e. The summed E-state index contributed by atoms with van der Waals surface area (Å²) in [5.41, 5.74) is 1.97. The summed E-state index contributed by atoms with van der Waals surface area (Å²) in [6.07, 6.45) is 0. The number of rotatable bonds is 4. The van der Waals surface area contributed by atoms with Gasteiger partial charge in [-0.2, -0.15) is 0 Å². The molecular weight excluding hydrogens is 294 g/mol. The lowest BCUT2D eigenvalue weighted by molar-refractivity contribution is 0.0389. The number of halogens is 1. The molecule has 0 spiro atoms. The normalized spacial score (nSPS) is 15.9. The van der Waals surface area contributed by atoms with Crippen molar-refractivity contribution in [2.24, 2.45) is 0 Å². The van der Waals surface area contributed by atoms with E-state index in [1.165, 1.54) is 0 Å². The first-order valence-electron chi connectivity index (χ1n) is 6.76. The van der Waals surface area contributed by atoms with Gasteiger partial charge in [0.1, 0.15) is 0 Å². The van der Waals surface area contributed by atoms with Crippen LogP contribution in [0.5, 0.6) is 0 Å². The molecular formula is C14H20ClN3OS. The van der Waals surface area contributed by atoms with Crippen LogP contribution in [0.2, 0.25) is 5.02 Å². The Morgan fingerprint density at radius 3 is 2.85 bits per heavy atom. The third-order valence-electron chi connectivity index (χ3n) is 3.19. The van der Waals surface area contributed by atoms with Gasteiger partial charge in [0.05, 0.1) is 23.9 Å². The first-order chi connectivity index (χ1) is 9.65. The third kappa shape index (κ3) is 4.90. The fraction of sp³-hybridized carbons (Fsp3) is 0.500. The van der Waals surface area contributed by atoms with Crippen LogP contribution in [0.3, 0.4) is 0 Å². The lowest BCUT2D eigenvalue weighted by Gasteiger charge is -2.26. The second-order valence-electron chi connectivity index (χ2n) is 4.82. The van der Waals surface area contributed by atoms with E-state index in [4.69, 9.17) is 28.6 Å². The van der Waals surface area contributed by atoms with Crippen molar-refractivity contribution < 1.29 is 4.74 Å². The van der Waals surface area contributed by atoms with Crippen LogP contribution in [0.1, 0.15) is 5.56 Å². The summed E-state index contributed by atoms with van der Waals surface area (Å²) < 4.78 is 5.31. The summed E-state index contributed by atoms with van der Waals surface area (Å²) in [7, 11) is 0. The minimum absolute atomic E-state index is 0.601. The van der Waals surface area contributed by atoms with Gasteiger partial charge in [-0.1, -0.05) is 17.7 Å². The molecule has 110 valence electrons. The van der Waals surface area contributed by atoms with Crippen LogP contribution in [-0.4, -0.2) is 49.4 Å². The van der Waals surface area contributed by atoms with Gasteiger partial charge in [-0.15, -0.1) is 0 Å². The molecule has 0 amide bonds. The average Bonchev–Trinajstić information content (AvgIpc) is 2.43. The van der Waals surface area contributed by atoms with Gasteiger partial charge >= 0.3 is 0 Å². The molecule has 1 aliphatic rings. The molecule has 2 rings (SSSR count). The molecule has 1 fully saturated rings. The molecule has 20 heavy (non-hydrogen) atoms. The molecule has 0 saturated carbocycles. The van der Waals surface area contributed by atoms with Crippen LogP contribution in [0.15, 0.2) is 18.2 Å².